The number of amides is 1. The van der Waals surface area contributed by atoms with Gasteiger partial charge in [0.15, 0.2) is 0 Å². The average Bonchev–Trinajstić information content (AvgIpc) is 2.47. The first-order valence-corrected chi connectivity index (χ1v) is 4.16. The van der Waals surface area contributed by atoms with Crippen LogP contribution in [0.3, 0.4) is 0 Å². The molecule has 0 aromatic heterocycles. The Kier molecular flexibility index (Phi) is 2.98. The first-order chi connectivity index (χ1) is 5.79. The molecule has 0 spiro atoms. The number of nitrogens with zero attached hydrogens (tertiary/aromatic N) is 1. The molecule has 1 atom stereocenters. The van der Waals surface area contributed by atoms with Gasteiger partial charge in [-0.15, -0.1) is 12.3 Å². The van der Waals surface area contributed by atoms with E-state index in [-0.39, 0.29) is 12.1 Å². The Morgan fingerprint density at radius 1 is 1.83 bits per heavy atom. The van der Waals surface area contributed by atoms with Crippen molar-refractivity contribution < 1.29 is 9.53 Å². The lowest BCUT2D eigenvalue weighted by Crippen LogP contribution is -2.35. The number of cyclic esters (lactones) is 1. The lowest BCUT2D eigenvalue weighted by atomic mass is 10.1. The molecule has 1 saturated heterocycles. The summed E-state index contributed by atoms with van der Waals surface area (Å²) in [7, 11) is 0. The van der Waals surface area contributed by atoms with Crippen LogP contribution >= 0.6 is 0 Å². The van der Waals surface area contributed by atoms with E-state index in [0.29, 0.717) is 19.6 Å². The van der Waals surface area contributed by atoms with E-state index in [0.717, 1.165) is 6.42 Å². The minimum atomic E-state index is -0.225. The number of rotatable bonds is 3. The van der Waals surface area contributed by atoms with E-state index < -0.39 is 0 Å². The molecule has 3 nitrogen and oxygen atoms in total. The van der Waals surface area contributed by atoms with Gasteiger partial charge in [-0.2, -0.15) is 0 Å². The van der Waals surface area contributed by atoms with Crippen molar-refractivity contribution in [3.8, 4) is 12.3 Å². The maximum Gasteiger partial charge on any atom is 0.410 e. The van der Waals surface area contributed by atoms with Gasteiger partial charge in [0.1, 0.15) is 6.61 Å². The molecule has 1 heterocycles. The highest BCUT2D eigenvalue weighted by atomic mass is 16.6. The van der Waals surface area contributed by atoms with Gasteiger partial charge < -0.3 is 9.64 Å². The molecule has 12 heavy (non-hydrogen) atoms. The normalized spacial score (nSPS) is 18.7. The smallest absolute Gasteiger partial charge is 0.410 e. The van der Waals surface area contributed by atoms with E-state index in [1.54, 1.807) is 4.90 Å². The molecule has 3 heteroatoms. The van der Waals surface area contributed by atoms with Gasteiger partial charge in [0.25, 0.3) is 0 Å². The molecule has 1 fully saturated rings. The van der Waals surface area contributed by atoms with Gasteiger partial charge in [0.2, 0.25) is 0 Å². The largest absolute Gasteiger partial charge is 0.448 e. The maximum atomic E-state index is 11.1. The van der Waals surface area contributed by atoms with Crippen molar-refractivity contribution in [2.45, 2.75) is 25.8 Å². The van der Waals surface area contributed by atoms with E-state index in [1.807, 2.05) is 6.92 Å². The standard InChI is InChI=1S/C9H13NO2/c1-3-5-8(4-2)10-6-7-12-9(10)11/h1,8H,4-7H2,2H3. The third kappa shape index (κ3) is 1.70. The summed E-state index contributed by atoms with van der Waals surface area (Å²) in [5, 5.41) is 0. The van der Waals surface area contributed by atoms with Crippen LogP contribution in [0, 0.1) is 12.3 Å². The van der Waals surface area contributed by atoms with Crippen molar-refractivity contribution in [1.29, 1.82) is 0 Å². The molecule has 0 N–H and O–H groups in total. The molecule has 1 unspecified atom stereocenters. The van der Waals surface area contributed by atoms with Crippen LogP contribution in [-0.4, -0.2) is 30.2 Å². The number of hydrogen-bond donors (Lipinski definition) is 0. The van der Waals surface area contributed by atoms with Crippen LogP contribution in [0.5, 0.6) is 0 Å². The predicted octanol–water partition coefficient (Wildman–Crippen LogP) is 1.24. The fraction of sp³-hybridized carbons (Fsp3) is 0.667. The second kappa shape index (κ2) is 4.01. The van der Waals surface area contributed by atoms with Gasteiger partial charge in [-0.3, -0.25) is 0 Å². The minimum Gasteiger partial charge on any atom is -0.448 e. The summed E-state index contributed by atoms with van der Waals surface area (Å²) < 4.78 is 4.81. The van der Waals surface area contributed by atoms with E-state index in [2.05, 4.69) is 5.92 Å². The molecule has 0 aliphatic carbocycles. The van der Waals surface area contributed by atoms with Crippen LogP contribution in [0.25, 0.3) is 0 Å². The number of carbonyl (C=O) groups is 1. The first kappa shape index (κ1) is 8.92. The Balaban J connectivity index is 2.53. The molecule has 0 aromatic carbocycles. The zero-order valence-electron chi connectivity index (χ0n) is 7.25. The third-order valence-corrected chi connectivity index (χ3v) is 2.06. The molecule has 1 aliphatic heterocycles. The van der Waals surface area contributed by atoms with Crippen molar-refractivity contribution in [3.05, 3.63) is 0 Å². The Morgan fingerprint density at radius 2 is 2.58 bits per heavy atom. The van der Waals surface area contributed by atoms with Gasteiger partial charge >= 0.3 is 6.09 Å². The Hall–Kier alpha value is -1.17. The number of ether oxygens (including phenoxy) is 1. The summed E-state index contributed by atoms with van der Waals surface area (Å²) in [4.78, 5) is 12.8. The quantitative estimate of drug-likeness (QED) is 0.592. The number of hydrogen-bond acceptors (Lipinski definition) is 2. The predicted molar refractivity (Wildman–Crippen MR) is 45.6 cm³/mol. The molecule has 66 valence electrons. The van der Waals surface area contributed by atoms with Crippen LogP contribution in [0.1, 0.15) is 19.8 Å². The van der Waals surface area contributed by atoms with Gasteiger partial charge in [0, 0.05) is 12.5 Å². The molecule has 0 radical (unpaired) electrons. The fourth-order valence-electron chi connectivity index (χ4n) is 1.35. The Bertz CT molecular complexity index is 207. The van der Waals surface area contributed by atoms with Crippen LogP contribution in [0.2, 0.25) is 0 Å². The number of terminal acetylenes is 1. The summed E-state index contributed by atoms with van der Waals surface area (Å²) in [6, 6.07) is 0.157. The summed E-state index contributed by atoms with van der Waals surface area (Å²) >= 11 is 0. The molecule has 0 bridgehead atoms. The van der Waals surface area contributed by atoms with E-state index in [9.17, 15) is 4.79 Å². The van der Waals surface area contributed by atoms with E-state index >= 15 is 0 Å². The first-order valence-electron chi connectivity index (χ1n) is 4.16. The van der Waals surface area contributed by atoms with Crippen LogP contribution in [0.15, 0.2) is 0 Å². The molecular formula is C9H13NO2. The van der Waals surface area contributed by atoms with E-state index in [4.69, 9.17) is 11.2 Å². The second-order valence-electron chi connectivity index (χ2n) is 2.78. The molecule has 0 aromatic rings. The number of carbonyl (C=O) groups excluding carboxylic acids is 1. The van der Waals surface area contributed by atoms with Gasteiger partial charge in [-0.1, -0.05) is 6.92 Å². The molecule has 1 aliphatic rings. The molecule has 1 amide bonds. The maximum absolute atomic E-state index is 11.1. The molecule has 1 rings (SSSR count). The summed E-state index contributed by atoms with van der Waals surface area (Å²) in [6.07, 6.45) is 6.47. The van der Waals surface area contributed by atoms with Crippen LogP contribution in [-0.2, 0) is 4.74 Å². The molecular weight excluding hydrogens is 154 g/mol. The van der Waals surface area contributed by atoms with Crippen LogP contribution in [0.4, 0.5) is 4.79 Å². The summed E-state index contributed by atoms with van der Waals surface area (Å²) in [6.45, 7) is 3.20. The highest BCUT2D eigenvalue weighted by Gasteiger charge is 2.27. The minimum absolute atomic E-state index is 0.157. The SMILES string of the molecule is C#CCC(CC)N1CCOC1=O. The Morgan fingerprint density at radius 3 is 3.00 bits per heavy atom. The summed E-state index contributed by atoms with van der Waals surface area (Å²) in [5.74, 6) is 2.57. The monoisotopic (exact) mass is 167 g/mol. The van der Waals surface area contributed by atoms with E-state index in [1.165, 1.54) is 0 Å². The zero-order chi connectivity index (χ0) is 8.97. The van der Waals surface area contributed by atoms with Gasteiger partial charge in [0.05, 0.1) is 6.54 Å². The van der Waals surface area contributed by atoms with Crippen molar-refractivity contribution in [3.63, 3.8) is 0 Å². The lowest BCUT2D eigenvalue weighted by Gasteiger charge is -2.21. The zero-order valence-corrected chi connectivity index (χ0v) is 7.25. The topological polar surface area (TPSA) is 29.5 Å². The second-order valence-corrected chi connectivity index (χ2v) is 2.78. The average molecular weight is 167 g/mol. The van der Waals surface area contributed by atoms with Gasteiger partial charge in [-0.05, 0) is 6.42 Å². The van der Waals surface area contributed by atoms with Crippen LogP contribution < -0.4 is 0 Å². The highest BCUT2D eigenvalue weighted by molar-refractivity contribution is 5.69. The fourth-order valence-corrected chi connectivity index (χ4v) is 1.35. The highest BCUT2D eigenvalue weighted by Crippen LogP contribution is 2.13. The van der Waals surface area contributed by atoms with Crippen molar-refractivity contribution in [2.75, 3.05) is 13.2 Å². The van der Waals surface area contributed by atoms with Crippen molar-refractivity contribution >= 4 is 6.09 Å². The van der Waals surface area contributed by atoms with Crippen molar-refractivity contribution in [1.82, 2.24) is 4.90 Å². The summed E-state index contributed by atoms with van der Waals surface area (Å²) in [5.41, 5.74) is 0. The Labute approximate surface area is 72.7 Å². The lowest BCUT2D eigenvalue weighted by molar-refractivity contribution is 0.147. The molecule has 0 saturated carbocycles. The van der Waals surface area contributed by atoms with Crippen molar-refractivity contribution in [2.24, 2.45) is 0 Å². The third-order valence-electron chi connectivity index (χ3n) is 2.06. The van der Waals surface area contributed by atoms with Gasteiger partial charge in [-0.25, -0.2) is 4.79 Å².